The van der Waals surface area contributed by atoms with Gasteiger partial charge in [-0.2, -0.15) is 10.3 Å². The fourth-order valence-electron chi connectivity index (χ4n) is 3.30. The molecule has 1 aromatic carbocycles. The van der Waals surface area contributed by atoms with Crippen LogP contribution in [-0.4, -0.2) is 53.6 Å². The number of hydrogen-bond donors (Lipinski definition) is 0. The summed E-state index contributed by atoms with van der Waals surface area (Å²) in [6, 6.07) is 11.0. The van der Waals surface area contributed by atoms with Crippen molar-refractivity contribution in [3.8, 4) is 17.4 Å². The number of aliphatic imine (C=N–C) groups is 1. The first-order valence-corrected chi connectivity index (χ1v) is 11.0. The van der Waals surface area contributed by atoms with E-state index in [2.05, 4.69) is 20.9 Å². The summed E-state index contributed by atoms with van der Waals surface area (Å²) in [7, 11) is 0. The second kappa shape index (κ2) is 9.27. The Morgan fingerprint density at radius 3 is 2.73 bits per heavy atom. The standard InChI is InChI=1S/C21H18Cl2N4O2S/c22-14-2-4-16(17(23)12-14)18-5-3-15(29-18)13-19-20(28)25-21(30-19)27-10-8-26(9-11-27)7-1-6-24/h2-5,12-13H,1,7-11H2. The van der Waals surface area contributed by atoms with Crippen molar-refractivity contribution in [2.24, 2.45) is 4.99 Å². The number of carbonyl (C=O) groups excluding carboxylic acids is 1. The summed E-state index contributed by atoms with van der Waals surface area (Å²) in [5.74, 6) is 0.905. The molecule has 0 atom stereocenters. The van der Waals surface area contributed by atoms with Crippen LogP contribution in [0.15, 0.2) is 44.6 Å². The molecular weight excluding hydrogens is 443 g/mol. The fraction of sp³-hybridized carbons (Fsp3) is 0.286. The molecule has 1 aromatic heterocycles. The van der Waals surface area contributed by atoms with Crippen LogP contribution >= 0.6 is 35.0 Å². The Kier molecular flexibility index (Phi) is 6.49. The molecule has 2 aliphatic rings. The normalized spacial score (nSPS) is 18.7. The van der Waals surface area contributed by atoms with Crippen molar-refractivity contribution >= 4 is 52.1 Å². The van der Waals surface area contributed by atoms with E-state index in [1.807, 2.05) is 6.07 Å². The van der Waals surface area contributed by atoms with E-state index in [9.17, 15) is 4.79 Å². The minimum atomic E-state index is -0.260. The lowest BCUT2D eigenvalue weighted by Crippen LogP contribution is -2.47. The Balaban J connectivity index is 1.41. The zero-order chi connectivity index (χ0) is 21.1. The van der Waals surface area contributed by atoms with Gasteiger partial charge in [0.25, 0.3) is 5.91 Å². The topological polar surface area (TPSA) is 72.8 Å². The molecule has 2 aromatic rings. The van der Waals surface area contributed by atoms with Crippen molar-refractivity contribution in [2.45, 2.75) is 6.42 Å². The third kappa shape index (κ3) is 4.73. The number of carbonyl (C=O) groups is 1. The number of amidine groups is 1. The summed E-state index contributed by atoms with van der Waals surface area (Å²) in [6.45, 7) is 4.08. The van der Waals surface area contributed by atoms with Gasteiger partial charge < -0.3 is 9.32 Å². The van der Waals surface area contributed by atoms with E-state index in [1.165, 1.54) is 11.8 Å². The number of furan rings is 1. The monoisotopic (exact) mass is 460 g/mol. The first kappa shape index (κ1) is 21.0. The third-order valence-electron chi connectivity index (χ3n) is 4.89. The molecule has 0 radical (unpaired) electrons. The highest BCUT2D eigenvalue weighted by Crippen LogP contribution is 2.34. The van der Waals surface area contributed by atoms with Crippen molar-refractivity contribution < 1.29 is 9.21 Å². The van der Waals surface area contributed by atoms with E-state index in [-0.39, 0.29) is 5.91 Å². The molecule has 0 bridgehead atoms. The van der Waals surface area contributed by atoms with E-state index in [0.717, 1.165) is 43.5 Å². The van der Waals surface area contributed by atoms with Crippen LogP contribution in [0.3, 0.4) is 0 Å². The van der Waals surface area contributed by atoms with Gasteiger partial charge in [-0.1, -0.05) is 23.2 Å². The number of nitriles is 1. The predicted molar refractivity (Wildman–Crippen MR) is 120 cm³/mol. The molecular formula is C21H18Cl2N4O2S. The summed E-state index contributed by atoms with van der Waals surface area (Å²) in [5.41, 5.74) is 0.738. The summed E-state index contributed by atoms with van der Waals surface area (Å²) in [6.07, 6.45) is 2.24. The summed E-state index contributed by atoms with van der Waals surface area (Å²) in [4.78, 5) is 21.5. The molecule has 1 saturated heterocycles. The van der Waals surface area contributed by atoms with Crippen LogP contribution in [-0.2, 0) is 4.79 Å². The van der Waals surface area contributed by atoms with Crippen LogP contribution in [0.1, 0.15) is 12.2 Å². The van der Waals surface area contributed by atoms with Crippen LogP contribution < -0.4 is 0 Å². The van der Waals surface area contributed by atoms with Crippen molar-refractivity contribution in [1.82, 2.24) is 9.80 Å². The number of hydrogen-bond acceptors (Lipinski definition) is 6. The van der Waals surface area contributed by atoms with Crippen LogP contribution in [0, 0.1) is 11.3 Å². The SMILES string of the molecule is N#CCCN1CCN(C2=NC(=O)C(=Cc3ccc(-c4ccc(Cl)cc4Cl)o3)S2)CC1. The zero-order valence-corrected chi connectivity index (χ0v) is 18.3. The van der Waals surface area contributed by atoms with Crippen molar-refractivity contribution in [1.29, 1.82) is 5.26 Å². The van der Waals surface area contributed by atoms with Gasteiger partial charge in [0, 0.05) is 55.8 Å². The minimum absolute atomic E-state index is 0.260. The maximum Gasteiger partial charge on any atom is 0.286 e. The Morgan fingerprint density at radius 2 is 2.00 bits per heavy atom. The van der Waals surface area contributed by atoms with Crippen LogP contribution in [0.4, 0.5) is 0 Å². The Bertz CT molecular complexity index is 1070. The van der Waals surface area contributed by atoms with Crippen LogP contribution in [0.25, 0.3) is 17.4 Å². The highest BCUT2D eigenvalue weighted by Gasteiger charge is 2.28. The van der Waals surface area contributed by atoms with Gasteiger partial charge in [0.2, 0.25) is 0 Å². The molecule has 3 heterocycles. The van der Waals surface area contributed by atoms with Crippen LogP contribution in [0.2, 0.25) is 10.0 Å². The quantitative estimate of drug-likeness (QED) is 0.612. The van der Waals surface area contributed by atoms with E-state index < -0.39 is 0 Å². The lowest BCUT2D eigenvalue weighted by molar-refractivity contribution is -0.113. The molecule has 154 valence electrons. The van der Waals surface area contributed by atoms with E-state index in [0.29, 0.717) is 32.9 Å². The van der Waals surface area contributed by atoms with Gasteiger partial charge in [-0.3, -0.25) is 9.69 Å². The van der Waals surface area contributed by atoms with Gasteiger partial charge in [0.05, 0.1) is 16.0 Å². The Morgan fingerprint density at radius 1 is 1.20 bits per heavy atom. The molecule has 0 saturated carbocycles. The van der Waals surface area contributed by atoms with E-state index in [1.54, 1.807) is 30.3 Å². The second-order valence-electron chi connectivity index (χ2n) is 6.87. The lowest BCUT2D eigenvalue weighted by atomic mass is 10.2. The number of rotatable bonds is 4. The average molecular weight is 461 g/mol. The van der Waals surface area contributed by atoms with Crippen LogP contribution in [0.5, 0.6) is 0 Å². The zero-order valence-electron chi connectivity index (χ0n) is 16.0. The molecule has 1 fully saturated rings. The van der Waals surface area contributed by atoms with E-state index in [4.69, 9.17) is 32.9 Å². The van der Waals surface area contributed by atoms with Gasteiger partial charge >= 0.3 is 0 Å². The largest absolute Gasteiger partial charge is 0.457 e. The van der Waals surface area contributed by atoms with Gasteiger partial charge in [-0.15, -0.1) is 0 Å². The molecule has 0 aliphatic carbocycles. The summed E-state index contributed by atoms with van der Waals surface area (Å²) < 4.78 is 5.87. The first-order valence-electron chi connectivity index (χ1n) is 9.45. The summed E-state index contributed by atoms with van der Waals surface area (Å²) in [5, 5.41) is 10.5. The highest BCUT2D eigenvalue weighted by molar-refractivity contribution is 8.18. The first-order chi connectivity index (χ1) is 14.5. The number of nitrogens with zero attached hydrogens (tertiary/aromatic N) is 4. The van der Waals surface area contributed by atoms with E-state index >= 15 is 0 Å². The van der Waals surface area contributed by atoms with Gasteiger partial charge in [0.1, 0.15) is 11.5 Å². The number of thioether (sulfide) groups is 1. The highest BCUT2D eigenvalue weighted by atomic mass is 35.5. The molecule has 9 heteroatoms. The molecule has 6 nitrogen and oxygen atoms in total. The Labute approximate surface area is 188 Å². The predicted octanol–water partition coefficient (Wildman–Crippen LogP) is 4.75. The number of benzene rings is 1. The molecule has 1 amide bonds. The maximum absolute atomic E-state index is 12.4. The second-order valence-corrected chi connectivity index (χ2v) is 8.73. The molecule has 30 heavy (non-hydrogen) atoms. The number of amides is 1. The average Bonchev–Trinajstić information content (AvgIpc) is 3.34. The Hall–Kier alpha value is -2.24. The summed E-state index contributed by atoms with van der Waals surface area (Å²) >= 11 is 13.6. The fourth-order valence-corrected chi connectivity index (χ4v) is 4.74. The molecule has 0 spiro atoms. The van der Waals surface area contributed by atoms with Gasteiger partial charge in [-0.05, 0) is 42.1 Å². The number of piperazine rings is 1. The third-order valence-corrected chi connectivity index (χ3v) is 6.48. The lowest BCUT2D eigenvalue weighted by Gasteiger charge is -2.34. The number of halogens is 2. The van der Waals surface area contributed by atoms with Crippen molar-refractivity contribution in [2.75, 3.05) is 32.7 Å². The minimum Gasteiger partial charge on any atom is -0.457 e. The molecule has 2 aliphatic heterocycles. The molecule has 0 unspecified atom stereocenters. The smallest absolute Gasteiger partial charge is 0.286 e. The van der Waals surface area contributed by atoms with Gasteiger partial charge in [0.15, 0.2) is 5.17 Å². The molecule has 4 rings (SSSR count). The van der Waals surface area contributed by atoms with Crippen molar-refractivity contribution in [3.63, 3.8) is 0 Å². The molecule has 0 N–H and O–H groups in total. The maximum atomic E-state index is 12.4. The van der Waals surface area contributed by atoms with Gasteiger partial charge in [-0.25, -0.2) is 0 Å². The van der Waals surface area contributed by atoms with Crippen molar-refractivity contribution in [3.05, 3.63) is 51.0 Å².